The molecule has 1 aromatic carbocycles. The summed E-state index contributed by atoms with van der Waals surface area (Å²) in [5, 5.41) is 0. The third kappa shape index (κ3) is 3.52. The van der Waals surface area contributed by atoms with Crippen molar-refractivity contribution in [3.63, 3.8) is 0 Å². The molecule has 2 fully saturated rings. The Labute approximate surface area is 142 Å². The van der Waals surface area contributed by atoms with Gasteiger partial charge in [-0.1, -0.05) is 15.9 Å². The first-order valence-electron chi connectivity index (χ1n) is 7.03. The number of hydrogen-bond donors (Lipinski definition) is 0. The zero-order chi connectivity index (χ0) is 15.0. The molecule has 1 unspecified atom stereocenters. The van der Waals surface area contributed by atoms with Crippen LogP contribution in [-0.4, -0.2) is 38.5 Å². The van der Waals surface area contributed by atoms with Gasteiger partial charge in [-0.2, -0.15) is 4.31 Å². The van der Waals surface area contributed by atoms with Gasteiger partial charge in [0, 0.05) is 28.1 Å². The molecule has 1 saturated heterocycles. The number of nitrogens with zero attached hydrogens (tertiary/aromatic N) is 1. The van der Waals surface area contributed by atoms with Crippen molar-refractivity contribution in [1.29, 1.82) is 0 Å². The lowest BCUT2D eigenvalue weighted by molar-refractivity contribution is 0.180. The Morgan fingerprint density at radius 2 is 2.00 bits per heavy atom. The summed E-state index contributed by atoms with van der Waals surface area (Å²) in [6.45, 7) is 1.97. The maximum atomic E-state index is 13.0. The minimum Gasteiger partial charge on any atom is -0.381 e. The Hall–Kier alpha value is 0.0500. The fourth-order valence-corrected chi connectivity index (χ4v) is 6.07. The number of ether oxygens (including phenoxy) is 1. The van der Waals surface area contributed by atoms with E-state index in [1.165, 1.54) is 0 Å². The second-order valence-corrected chi connectivity index (χ2v) is 9.24. The molecule has 1 atom stereocenters. The Morgan fingerprint density at radius 1 is 1.24 bits per heavy atom. The van der Waals surface area contributed by atoms with Crippen LogP contribution in [-0.2, 0) is 14.8 Å². The van der Waals surface area contributed by atoms with E-state index in [4.69, 9.17) is 4.74 Å². The predicted molar refractivity (Wildman–Crippen MR) is 87.7 cm³/mol. The third-order valence-electron chi connectivity index (χ3n) is 3.90. The Balaban J connectivity index is 1.89. The number of halogens is 2. The van der Waals surface area contributed by atoms with Crippen LogP contribution in [0.15, 0.2) is 32.0 Å². The van der Waals surface area contributed by atoms with Crippen LogP contribution in [0.5, 0.6) is 0 Å². The number of hydrogen-bond acceptors (Lipinski definition) is 3. The number of benzene rings is 1. The molecule has 4 nitrogen and oxygen atoms in total. The molecule has 1 aromatic rings. The van der Waals surface area contributed by atoms with Gasteiger partial charge in [0.05, 0.1) is 11.5 Å². The van der Waals surface area contributed by atoms with E-state index in [9.17, 15) is 8.42 Å². The Morgan fingerprint density at radius 3 is 2.57 bits per heavy atom. The summed E-state index contributed by atoms with van der Waals surface area (Å²) in [6.07, 6.45) is 2.86. The molecule has 3 rings (SSSR count). The average Bonchev–Trinajstić information content (AvgIpc) is 3.11. The summed E-state index contributed by atoms with van der Waals surface area (Å²) in [5.41, 5.74) is 0. The monoisotopic (exact) mass is 437 g/mol. The standard InChI is InChI=1S/C14H17Br2NO3S/c15-11-1-4-14(13(16)7-11)21(18,19)17(12-2-3-12)8-10-5-6-20-9-10/h1,4,7,10,12H,2-3,5-6,8-9H2. The van der Waals surface area contributed by atoms with Crippen molar-refractivity contribution < 1.29 is 13.2 Å². The normalized spacial score (nSPS) is 22.9. The van der Waals surface area contributed by atoms with Crippen LogP contribution in [0, 0.1) is 5.92 Å². The van der Waals surface area contributed by atoms with E-state index in [1.807, 2.05) is 0 Å². The van der Waals surface area contributed by atoms with Gasteiger partial charge in [0.15, 0.2) is 0 Å². The molecule has 1 heterocycles. The number of rotatable bonds is 5. The van der Waals surface area contributed by atoms with Gasteiger partial charge >= 0.3 is 0 Å². The fraction of sp³-hybridized carbons (Fsp3) is 0.571. The molecule has 21 heavy (non-hydrogen) atoms. The van der Waals surface area contributed by atoms with E-state index in [2.05, 4.69) is 31.9 Å². The summed E-state index contributed by atoms with van der Waals surface area (Å²) >= 11 is 6.73. The highest BCUT2D eigenvalue weighted by Crippen LogP contribution is 2.36. The summed E-state index contributed by atoms with van der Waals surface area (Å²) in [5.74, 6) is 0.314. The molecule has 0 radical (unpaired) electrons. The molecule has 0 spiro atoms. The van der Waals surface area contributed by atoms with E-state index in [1.54, 1.807) is 22.5 Å². The van der Waals surface area contributed by atoms with Crippen molar-refractivity contribution in [3.8, 4) is 0 Å². The van der Waals surface area contributed by atoms with Gasteiger partial charge in [-0.3, -0.25) is 0 Å². The summed E-state index contributed by atoms with van der Waals surface area (Å²) < 4.78 is 34.5. The van der Waals surface area contributed by atoms with Crippen LogP contribution in [0.3, 0.4) is 0 Å². The molecular formula is C14H17Br2NO3S. The summed E-state index contributed by atoms with van der Waals surface area (Å²) in [4.78, 5) is 0.344. The van der Waals surface area contributed by atoms with Crippen LogP contribution in [0.25, 0.3) is 0 Å². The minimum absolute atomic E-state index is 0.158. The van der Waals surface area contributed by atoms with Crippen LogP contribution >= 0.6 is 31.9 Å². The Bertz CT molecular complexity index is 625. The molecule has 0 N–H and O–H groups in total. The summed E-state index contributed by atoms with van der Waals surface area (Å²) in [6, 6.07) is 5.35. The van der Waals surface area contributed by atoms with Gasteiger partial charge in [-0.15, -0.1) is 0 Å². The highest BCUT2D eigenvalue weighted by atomic mass is 79.9. The smallest absolute Gasteiger partial charge is 0.244 e. The first-order valence-corrected chi connectivity index (χ1v) is 10.1. The lowest BCUT2D eigenvalue weighted by Crippen LogP contribution is -2.37. The molecule has 1 saturated carbocycles. The van der Waals surface area contributed by atoms with Crippen LogP contribution in [0.4, 0.5) is 0 Å². The molecule has 1 aliphatic carbocycles. The van der Waals surface area contributed by atoms with E-state index in [0.717, 1.165) is 30.3 Å². The van der Waals surface area contributed by atoms with Crippen LogP contribution in [0.2, 0.25) is 0 Å². The molecule has 1 aliphatic heterocycles. The van der Waals surface area contributed by atoms with Gasteiger partial charge in [0.1, 0.15) is 0 Å². The Kier molecular flexibility index (Phi) is 4.76. The quantitative estimate of drug-likeness (QED) is 0.707. The average molecular weight is 439 g/mol. The summed E-state index contributed by atoms with van der Waals surface area (Å²) in [7, 11) is -3.46. The van der Waals surface area contributed by atoms with Crippen molar-refractivity contribution >= 4 is 41.9 Å². The molecule has 0 bridgehead atoms. The third-order valence-corrected chi connectivity index (χ3v) is 7.29. The van der Waals surface area contributed by atoms with Crippen LogP contribution in [0.1, 0.15) is 19.3 Å². The van der Waals surface area contributed by atoms with Crippen molar-refractivity contribution in [3.05, 3.63) is 27.1 Å². The maximum absolute atomic E-state index is 13.0. The maximum Gasteiger partial charge on any atom is 0.244 e. The molecule has 7 heteroatoms. The predicted octanol–water partition coefficient (Wildman–Crippen LogP) is 3.40. The zero-order valence-electron chi connectivity index (χ0n) is 11.5. The lowest BCUT2D eigenvalue weighted by Gasteiger charge is -2.25. The van der Waals surface area contributed by atoms with Crippen molar-refractivity contribution in [2.75, 3.05) is 19.8 Å². The molecule has 116 valence electrons. The first kappa shape index (κ1) is 15.9. The van der Waals surface area contributed by atoms with Gasteiger partial charge < -0.3 is 4.74 Å². The second-order valence-electron chi connectivity index (χ2n) is 5.61. The van der Waals surface area contributed by atoms with Crippen molar-refractivity contribution in [1.82, 2.24) is 4.31 Å². The van der Waals surface area contributed by atoms with E-state index < -0.39 is 10.0 Å². The topological polar surface area (TPSA) is 46.6 Å². The van der Waals surface area contributed by atoms with Crippen molar-refractivity contribution in [2.45, 2.75) is 30.2 Å². The zero-order valence-corrected chi connectivity index (χ0v) is 15.5. The van der Waals surface area contributed by atoms with Gasteiger partial charge in [-0.05, 0) is 59.3 Å². The highest BCUT2D eigenvalue weighted by Gasteiger charge is 2.40. The number of sulfonamides is 1. The first-order chi connectivity index (χ1) is 9.98. The molecule has 0 aromatic heterocycles. The molecule has 2 aliphatic rings. The lowest BCUT2D eigenvalue weighted by atomic mass is 10.1. The fourth-order valence-electron chi connectivity index (χ4n) is 2.60. The van der Waals surface area contributed by atoms with Gasteiger partial charge in [0.2, 0.25) is 10.0 Å². The van der Waals surface area contributed by atoms with Crippen molar-refractivity contribution in [2.24, 2.45) is 5.92 Å². The molecular weight excluding hydrogens is 422 g/mol. The van der Waals surface area contributed by atoms with Crippen LogP contribution < -0.4 is 0 Å². The van der Waals surface area contributed by atoms with Gasteiger partial charge in [0.25, 0.3) is 0 Å². The largest absolute Gasteiger partial charge is 0.381 e. The van der Waals surface area contributed by atoms with E-state index >= 15 is 0 Å². The van der Waals surface area contributed by atoms with E-state index in [0.29, 0.717) is 28.4 Å². The second kappa shape index (κ2) is 6.28. The minimum atomic E-state index is -3.46. The van der Waals surface area contributed by atoms with E-state index in [-0.39, 0.29) is 6.04 Å². The SMILES string of the molecule is O=S(=O)(c1ccc(Br)cc1Br)N(CC1CCOC1)C1CC1. The molecule has 0 amide bonds. The van der Waals surface area contributed by atoms with Gasteiger partial charge in [-0.25, -0.2) is 8.42 Å². The highest BCUT2D eigenvalue weighted by molar-refractivity contribution is 9.11.